The number of nitrogens with one attached hydrogen (secondary N) is 1. The van der Waals surface area contributed by atoms with Crippen molar-refractivity contribution in [2.24, 2.45) is 0 Å². The van der Waals surface area contributed by atoms with Crippen molar-refractivity contribution in [3.05, 3.63) is 60.3 Å². The molecule has 2 heterocycles. The molecule has 0 aliphatic rings. The number of nitrogens with zero attached hydrogens (tertiary/aromatic N) is 4. The molecule has 3 aromatic rings. The number of ether oxygens (including phenoxy) is 1. The number of halogens is 1. The highest BCUT2D eigenvalue weighted by molar-refractivity contribution is 5.22. The van der Waals surface area contributed by atoms with Crippen molar-refractivity contribution in [1.29, 1.82) is 0 Å². The normalized spacial score (nSPS) is 12.2. The Hall–Kier alpha value is -2.74. The van der Waals surface area contributed by atoms with E-state index in [1.165, 1.54) is 12.1 Å². The quantitative estimate of drug-likeness (QED) is 0.681. The molecule has 0 amide bonds. The van der Waals surface area contributed by atoms with E-state index in [1.807, 2.05) is 16.9 Å². The fourth-order valence-corrected chi connectivity index (χ4v) is 2.11. The predicted octanol–water partition coefficient (Wildman–Crippen LogP) is 2.16. The van der Waals surface area contributed by atoms with Gasteiger partial charge in [-0.25, -0.2) is 4.39 Å². The van der Waals surface area contributed by atoms with Gasteiger partial charge in [0.25, 0.3) is 0 Å². The number of hydrogen-bond donors (Lipinski definition) is 1. The molecule has 1 aromatic carbocycles. The first kappa shape index (κ1) is 16.1. The van der Waals surface area contributed by atoms with Crippen LogP contribution in [0, 0.1) is 5.82 Å². The molecule has 126 valence electrons. The molecule has 2 aromatic heterocycles. The van der Waals surface area contributed by atoms with Gasteiger partial charge in [-0.2, -0.15) is 10.1 Å². The first-order valence-electron chi connectivity index (χ1n) is 7.59. The van der Waals surface area contributed by atoms with E-state index in [4.69, 9.17) is 9.26 Å². The van der Waals surface area contributed by atoms with E-state index in [2.05, 4.69) is 27.5 Å². The average molecular weight is 331 g/mol. The van der Waals surface area contributed by atoms with E-state index in [9.17, 15) is 4.39 Å². The fourth-order valence-electron chi connectivity index (χ4n) is 2.11. The molecule has 0 fully saturated rings. The molecule has 0 aliphatic carbocycles. The van der Waals surface area contributed by atoms with Gasteiger partial charge in [-0.3, -0.25) is 4.68 Å². The van der Waals surface area contributed by atoms with Crippen LogP contribution in [0.3, 0.4) is 0 Å². The molecule has 7 nitrogen and oxygen atoms in total. The molecule has 0 bridgehead atoms. The van der Waals surface area contributed by atoms with Crippen LogP contribution in [0.1, 0.15) is 18.6 Å². The highest BCUT2D eigenvalue weighted by Crippen LogP contribution is 2.12. The lowest BCUT2D eigenvalue weighted by Gasteiger charge is -2.11. The zero-order chi connectivity index (χ0) is 16.8. The van der Waals surface area contributed by atoms with E-state index in [1.54, 1.807) is 18.3 Å². The Balaban J connectivity index is 1.44. The van der Waals surface area contributed by atoms with Gasteiger partial charge >= 0.3 is 0 Å². The Morgan fingerprint density at radius 2 is 2.17 bits per heavy atom. The van der Waals surface area contributed by atoms with Gasteiger partial charge in [0.05, 0.1) is 13.1 Å². The molecule has 3 rings (SSSR count). The standard InChI is InChI=1S/C16H18FN5O2/c1-12(10-22-8-2-7-19-22)18-9-16-20-15(21-24-16)11-23-14-5-3-13(17)4-6-14/h2-8,12,18H,9-11H2,1H3. The molecule has 1 N–H and O–H groups in total. The van der Waals surface area contributed by atoms with Crippen LogP contribution < -0.4 is 10.1 Å². The number of aromatic nitrogens is 4. The van der Waals surface area contributed by atoms with Crippen LogP contribution in [0.5, 0.6) is 5.75 Å². The second-order valence-electron chi connectivity index (χ2n) is 5.36. The second kappa shape index (κ2) is 7.69. The number of benzene rings is 1. The first-order chi connectivity index (χ1) is 11.7. The maximum absolute atomic E-state index is 12.8. The predicted molar refractivity (Wildman–Crippen MR) is 83.6 cm³/mol. The molecule has 0 saturated heterocycles. The average Bonchev–Trinajstić information content (AvgIpc) is 3.24. The molecule has 24 heavy (non-hydrogen) atoms. The number of rotatable bonds is 8. The molecule has 0 aliphatic heterocycles. The zero-order valence-electron chi connectivity index (χ0n) is 13.2. The van der Waals surface area contributed by atoms with E-state index in [0.29, 0.717) is 24.0 Å². The Morgan fingerprint density at radius 1 is 1.33 bits per heavy atom. The van der Waals surface area contributed by atoms with Crippen molar-refractivity contribution in [1.82, 2.24) is 25.2 Å². The monoisotopic (exact) mass is 331 g/mol. The zero-order valence-corrected chi connectivity index (χ0v) is 13.2. The minimum Gasteiger partial charge on any atom is -0.485 e. The van der Waals surface area contributed by atoms with E-state index in [-0.39, 0.29) is 18.5 Å². The van der Waals surface area contributed by atoms with E-state index >= 15 is 0 Å². The van der Waals surface area contributed by atoms with E-state index < -0.39 is 0 Å². The minimum atomic E-state index is -0.306. The Bertz CT molecular complexity index is 742. The van der Waals surface area contributed by atoms with Gasteiger partial charge in [0.2, 0.25) is 11.7 Å². The summed E-state index contributed by atoms with van der Waals surface area (Å²) in [6, 6.07) is 7.86. The van der Waals surface area contributed by atoms with Crippen LogP contribution in [-0.2, 0) is 19.7 Å². The third-order valence-corrected chi connectivity index (χ3v) is 3.31. The van der Waals surface area contributed by atoms with Gasteiger partial charge in [-0.1, -0.05) is 5.16 Å². The Labute approximate surface area is 138 Å². The minimum absolute atomic E-state index is 0.165. The largest absolute Gasteiger partial charge is 0.485 e. The fraction of sp³-hybridized carbons (Fsp3) is 0.312. The van der Waals surface area contributed by atoms with Gasteiger partial charge in [-0.15, -0.1) is 0 Å². The van der Waals surface area contributed by atoms with Gasteiger partial charge in [0.15, 0.2) is 6.61 Å². The summed E-state index contributed by atoms with van der Waals surface area (Å²) in [6.45, 7) is 3.43. The summed E-state index contributed by atoms with van der Waals surface area (Å²) >= 11 is 0. The van der Waals surface area contributed by atoms with Crippen molar-refractivity contribution in [2.45, 2.75) is 32.7 Å². The summed E-state index contributed by atoms with van der Waals surface area (Å²) in [5.41, 5.74) is 0. The molecule has 8 heteroatoms. The molecular weight excluding hydrogens is 313 g/mol. The summed E-state index contributed by atoms with van der Waals surface area (Å²) in [4.78, 5) is 4.25. The van der Waals surface area contributed by atoms with Gasteiger partial charge in [0, 0.05) is 18.4 Å². The maximum atomic E-state index is 12.8. The van der Waals surface area contributed by atoms with Crippen molar-refractivity contribution < 1.29 is 13.7 Å². The van der Waals surface area contributed by atoms with Crippen molar-refractivity contribution >= 4 is 0 Å². The maximum Gasteiger partial charge on any atom is 0.240 e. The summed E-state index contributed by atoms with van der Waals surface area (Å²) in [5.74, 6) is 1.17. The molecule has 0 radical (unpaired) electrons. The highest BCUT2D eigenvalue weighted by Gasteiger charge is 2.09. The van der Waals surface area contributed by atoms with Crippen molar-refractivity contribution in [3.8, 4) is 5.75 Å². The van der Waals surface area contributed by atoms with Crippen molar-refractivity contribution in [2.75, 3.05) is 0 Å². The third-order valence-electron chi connectivity index (χ3n) is 3.31. The summed E-state index contributed by atoms with van der Waals surface area (Å²) in [7, 11) is 0. The lowest BCUT2D eigenvalue weighted by Crippen LogP contribution is -2.30. The van der Waals surface area contributed by atoms with Crippen LogP contribution in [0.2, 0.25) is 0 Å². The van der Waals surface area contributed by atoms with Crippen molar-refractivity contribution in [3.63, 3.8) is 0 Å². The van der Waals surface area contributed by atoms with Crippen LogP contribution in [0.4, 0.5) is 4.39 Å². The Morgan fingerprint density at radius 3 is 2.92 bits per heavy atom. The lowest BCUT2D eigenvalue weighted by molar-refractivity contribution is 0.283. The molecular formula is C16H18FN5O2. The molecule has 1 atom stereocenters. The molecule has 0 spiro atoms. The lowest BCUT2D eigenvalue weighted by atomic mass is 10.3. The van der Waals surface area contributed by atoms with Gasteiger partial charge in [-0.05, 0) is 37.3 Å². The SMILES string of the molecule is CC(Cn1cccn1)NCc1nc(COc2ccc(F)cc2)no1. The second-order valence-corrected chi connectivity index (χ2v) is 5.36. The van der Waals surface area contributed by atoms with Gasteiger partial charge in [0.1, 0.15) is 11.6 Å². The molecule has 1 unspecified atom stereocenters. The summed E-state index contributed by atoms with van der Waals surface area (Å²) in [5, 5.41) is 11.3. The van der Waals surface area contributed by atoms with Crippen LogP contribution >= 0.6 is 0 Å². The highest BCUT2D eigenvalue weighted by atomic mass is 19.1. The smallest absolute Gasteiger partial charge is 0.240 e. The Kier molecular flexibility index (Phi) is 5.17. The number of hydrogen-bond acceptors (Lipinski definition) is 6. The van der Waals surface area contributed by atoms with Crippen LogP contribution in [0.25, 0.3) is 0 Å². The third kappa shape index (κ3) is 4.63. The van der Waals surface area contributed by atoms with Crippen LogP contribution in [-0.4, -0.2) is 26.0 Å². The summed E-state index contributed by atoms with van der Waals surface area (Å²) in [6.07, 6.45) is 3.66. The van der Waals surface area contributed by atoms with Crippen LogP contribution in [0.15, 0.2) is 47.2 Å². The van der Waals surface area contributed by atoms with E-state index in [0.717, 1.165) is 6.54 Å². The topological polar surface area (TPSA) is 78.0 Å². The van der Waals surface area contributed by atoms with Gasteiger partial charge < -0.3 is 14.6 Å². The molecule has 0 saturated carbocycles. The summed E-state index contributed by atoms with van der Waals surface area (Å²) < 4.78 is 25.3. The first-order valence-corrected chi connectivity index (χ1v) is 7.59.